The number of hydrogen-bond acceptors (Lipinski definition) is 7. The van der Waals surface area contributed by atoms with Crippen LogP contribution in [-0.4, -0.2) is 49.5 Å². The Balaban J connectivity index is 2.02. The quantitative estimate of drug-likeness (QED) is 0.373. The van der Waals surface area contributed by atoms with Gasteiger partial charge in [-0.15, -0.1) is 0 Å². The molecule has 0 atom stereocenters. The molecule has 0 N–H and O–H groups in total. The highest BCUT2D eigenvalue weighted by atomic mass is 32.2. The average Bonchev–Trinajstić information content (AvgIpc) is 3.34. The normalized spacial score (nSPS) is 14.5. The first-order chi connectivity index (χ1) is 17.4. The van der Waals surface area contributed by atoms with Gasteiger partial charge in [0.25, 0.3) is 0 Å². The highest BCUT2D eigenvalue weighted by Crippen LogP contribution is 2.33. The van der Waals surface area contributed by atoms with Crippen LogP contribution in [0.3, 0.4) is 0 Å². The molecule has 0 radical (unpaired) electrons. The molecular formula is C27H34FNO7S. The highest BCUT2D eigenvalue weighted by molar-refractivity contribution is 7.89. The van der Waals surface area contributed by atoms with E-state index in [4.69, 9.17) is 14.2 Å². The standard InChI is InChI=1S/C27H34FNO7S/c1-5-34-25(30)16-17-29(20-8-6-7-9-20)37(32,33)24-15-14-22(35-21-12-10-19(28)11-13-21)18-23(24)26(31)36-27(2,3)4/h10-15,18,20H,5-9,16-17H2,1-4H3. The third kappa shape index (κ3) is 7.75. The molecular weight excluding hydrogens is 501 g/mol. The molecule has 0 heterocycles. The number of esters is 2. The van der Waals surface area contributed by atoms with Crippen LogP contribution < -0.4 is 4.74 Å². The molecule has 8 nitrogen and oxygen atoms in total. The maximum absolute atomic E-state index is 14.0. The van der Waals surface area contributed by atoms with Crippen LogP contribution in [0.15, 0.2) is 47.4 Å². The van der Waals surface area contributed by atoms with E-state index < -0.39 is 33.4 Å². The van der Waals surface area contributed by atoms with E-state index in [-0.39, 0.29) is 41.8 Å². The molecule has 0 amide bonds. The second-order valence-electron chi connectivity index (χ2n) is 9.82. The molecule has 3 rings (SSSR count). The van der Waals surface area contributed by atoms with Crippen molar-refractivity contribution < 1.29 is 36.6 Å². The van der Waals surface area contributed by atoms with Crippen molar-refractivity contribution in [2.75, 3.05) is 13.2 Å². The number of ether oxygens (including phenoxy) is 3. The minimum Gasteiger partial charge on any atom is -0.466 e. The number of carbonyl (C=O) groups is 2. The number of benzene rings is 2. The summed E-state index contributed by atoms with van der Waals surface area (Å²) in [4.78, 5) is 25.0. The van der Waals surface area contributed by atoms with E-state index in [0.717, 1.165) is 12.8 Å². The minimum atomic E-state index is -4.20. The van der Waals surface area contributed by atoms with Crippen LogP contribution in [0.2, 0.25) is 0 Å². The van der Waals surface area contributed by atoms with Crippen LogP contribution in [-0.2, 0) is 24.3 Å². The van der Waals surface area contributed by atoms with Crippen LogP contribution in [0.5, 0.6) is 11.5 Å². The van der Waals surface area contributed by atoms with E-state index in [2.05, 4.69) is 0 Å². The van der Waals surface area contributed by atoms with E-state index in [1.54, 1.807) is 27.7 Å². The summed E-state index contributed by atoms with van der Waals surface area (Å²) in [5.74, 6) is -1.25. The van der Waals surface area contributed by atoms with Crippen LogP contribution in [0.25, 0.3) is 0 Å². The molecule has 0 saturated heterocycles. The maximum atomic E-state index is 14.0. The topological polar surface area (TPSA) is 99.2 Å². The molecule has 0 spiro atoms. The number of sulfonamides is 1. The van der Waals surface area contributed by atoms with E-state index in [1.807, 2.05) is 0 Å². The van der Waals surface area contributed by atoms with E-state index in [9.17, 15) is 22.4 Å². The first-order valence-corrected chi connectivity index (χ1v) is 13.8. The van der Waals surface area contributed by atoms with Crippen molar-refractivity contribution in [3.8, 4) is 11.5 Å². The zero-order valence-electron chi connectivity index (χ0n) is 21.7. The van der Waals surface area contributed by atoms with Crippen LogP contribution in [0, 0.1) is 5.82 Å². The van der Waals surface area contributed by atoms with Gasteiger partial charge in [0.1, 0.15) is 22.9 Å². The van der Waals surface area contributed by atoms with Gasteiger partial charge in [-0.1, -0.05) is 12.8 Å². The fraction of sp³-hybridized carbons (Fsp3) is 0.481. The predicted octanol–water partition coefficient (Wildman–Crippen LogP) is 5.46. The Morgan fingerprint density at radius 3 is 2.24 bits per heavy atom. The maximum Gasteiger partial charge on any atom is 0.340 e. The van der Waals surface area contributed by atoms with Gasteiger partial charge < -0.3 is 14.2 Å². The summed E-state index contributed by atoms with van der Waals surface area (Å²) in [6.45, 7) is 6.87. The Morgan fingerprint density at radius 2 is 1.65 bits per heavy atom. The second-order valence-corrected chi connectivity index (χ2v) is 11.7. The number of carbonyl (C=O) groups excluding carboxylic acids is 2. The molecule has 1 aliphatic carbocycles. The zero-order chi connectivity index (χ0) is 27.2. The Hall–Kier alpha value is -2.98. The largest absolute Gasteiger partial charge is 0.466 e. The Labute approximate surface area is 217 Å². The van der Waals surface area contributed by atoms with Gasteiger partial charge in [-0.3, -0.25) is 4.79 Å². The van der Waals surface area contributed by atoms with Gasteiger partial charge in [-0.05, 0) is 83.0 Å². The van der Waals surface area contributed by atoms with Gasteiger partial charge in [0.2, 0.25) is 10.0 Å². The molecule has 202 valence electrons. The van der Waals surface area contributed by atoms with Crippen molar-refractivity contribution in [1.29, 1.82) is 0 Å². The van der Waals surface area contributed by atoms with E-state index in [0.29, 0.717) is 18.6 Å². The van der Waals surface area contributed by atoms with Gasteiger partial charge in [0, 0.05) is 12.6 Å². The smallest absolute Gasteiger partial charge is 0.340 e. The molecule has 1 fully saturated rings. The van der Waals surface area contributed by atoms with Gasteiger partial charge in [0.15, 0.2) is 0 Å². The van der Waals surface area contributed by atoms with Crippen molar-refractivity contribution in [3.05, 3.63) is 53.8 Å². The molecule has 37 heavy (non-hydrogen) atoms. The Kier molecular flexibility index (Phi) is 9.31. The molecule has 2 aromatic carbocycles. The summed E-state index contributed by atoms with van der Waals surface area (Å²) >= 11 is 0. The van der Waals surface area contributed by atoms with Crippen molar-refractivity contribution >= 4 is 22.0 Å². The van der Waals surface area contributed by atoms with Crippen LogP contribution in [0.1, 0.15) is 70.2 Å². The molecule has 2 aromatic rings. The summed E-state index contributed by atoms with van der Waals surface area (Å²) in [6.07, 6.45) is 2.97. The highest BCUT2D eigenvalue weighted by Gasteiger charge is 2.37. The molecule has 1 aliphatic rings. The van der Waals surface area contributed by atoms with Gasteiger partial charge in [-0.25, -0.2) is 17.6 Å². The summed E-state index contributed by atoms with van der Waals surface area (Å²) < 4.78 is 58.8. The fourth-order valence-corrected chi connectivity index (χ4v) is 6.03. The monoisotopic (exact) mass is 535 g/mol. The predicted molar refractivity (Wildman–Crippen MR) is 135 cm³/mol. The average molecular weight is 536 g/mol. The Bertz CT molecular complexity index is 1200. The van der Waals surface area contributed by atoms with Crippen molar-refractivity contribution in [2.45, 2.75) is 76.3 Å². The minimum absolute atomic E-state index is 0.0621. The lowest BCUT2D eigenvalue weighted by Gasteiger charge is -2.29. The van der Waals surface area contributed by atoms with E-state index >= 15 is 0 Å². The van der Waals surface area contributed by atoms with Gasteiger partial charge in [-0.2, -0.15) is 4.31 Å². The lowest BCUT2D eigenvalue weighted by molar-refractivity contribution is -0.143. The molecule has 0 aliphatic heterocycles. The lowest BCUT2D eigenvalue weighted by atomic mass is 10.1. The SMILES string of the molecule is CCOC(=O)CCN(C1CCCC1)S(=O)(=O)c1ccc(Oc2ccc(F)cc2)cc1C(=O)OC(C)(C)C. The summed E-state index contributed by atoms with van der Waals surface area (Å²) in [6, 6.07) is 9.05. The molecule has 0 bridgehead atoms. The summed E-state index contributed by atoms with van der Waals surface area (Å²) in [5, 5.41) is 0. The number of nitrogens with zero attached hydrogens (tertiary/aromatic N) is 1. The summed E-state index contributed by atoms with van der Waals surface area (Å²) in [7, 11) is -4.20. The van der Waals surface area contributed by atoms with Crippen molar-refractivity contribution in [2.24, 2.45) is 0 Å². The third-order valence-electron chi connectivity index (χ3n) is 5.78. The Morgan fingerprint density at radius 1 is 1.03 bits per heavy atom. The molecule has 10 heteroatoms. The number of halogens is 1. The number of hydrogen-bond donors (Lipinski definition) is 0. The first kappa shape index (κ1) is 28.6. The fourth-order valence-electron chi connectivity index (χ4n) is 4.18. The molecule has 1 saturated carbocycles. The molecule has 0 unspecified atom stereocenters. The van der Waals surface area contributed by atoms with Crippen molar-refractivity contribution in [3.63, 3.8) is 0 Å². The molecule has 0 aromatic heterocycles. The van der Waals surface area contributed by atoms with E-state index in [1.165, 1.54) is 46.8 Å². The summed E-state index contributed by atoms with van der Waals surface area (Å²) in [5.41, 5.74) is -1.06. The number of rotatable bonds is 10. The zero-order valence-corrected chi connectivity index (χ0v) is 22.5. The van der Waals surface area contributed by atoms with Gasteiger partial charge in [0.05, 0.1) is 23.5 Å². The first-order valence-electron chi connectivity index (χ1n) is 12.4. The third-order valence-corrected chi connectivity index (χ3v) is 7.79. The van der Waals surface area contributed by atoms with Crippen LogP contribution >= 0.6 is 0 Å². The van der Waals surface area contributed by atoms with Crippen LogP contribution in [0.4, 0.5) is 4.39 Å². The van der Waals surface area contributed by atoms with Crippen molar-refractivity contribution in [1.82, 2.24) is 4.31 Å². The lowest BCUT2D eigenvalue weighted by Crippen LogP contribution is -2.41. The van der Waals surface area contributed by atoms with Gasteiger partial charge >= 0.3 is 11.9 Å². The second kappa shape index (κ2) is 12.0.